The number of nitrogens with two attached hydrogens (primary N) is 2. The number of fused-ring (bicyclic) bond motifs is 1. The van der Waals surface area contributed by atoms with E-state index in [1.54, 1.807) is 0 Å². The number of rotatable bonds is 4. The highest BCUT2D eigenvalue weighted by atomic mass is 15.1. The molecular formula is C11H17N7. The van der Waals surface area contributed by atoms with E-state index < -0.39 is 0 Å². The van der Waals surface area contributed by atoms with Gasteiger partial charge in [-0.1, -0.05) is 0 Å². The first-order chi connectivity index (χ1) is 8.61. The first-order valence-electron chi connectivity index (χ1n) is 5.84. The molecule has 2 heterocycles. The van der Waals surface area contributed by atoms with Gasteiger partial charge in [0.1, 0.15) is 0 Å². The molecule has 0 radical (unpaired) electrons. The molecular weight excluding hydrogens is 230 g/mol. The molecule has 0 aliphatic heterocycles. The molecule has 2 aromatic heterocycles. The standard InChI is InChI=1S/C11H17N7/c1-6-7(2)16-10-8(15-6)9(14-5-3-4-12)17-11(13)18-10/h3-5,12H2,1-2H3,(H3,13,14,16,17,18). The molecule has 2 rings (SSSR count). The summed E-state index contributed by atoms with van der Waals surface area (Å²) in [4.78, 5) is 17.1. The average molecular weight is 247 g/mol. The molecule has 7 heteroatoms. The number of anilines is 2. The summed E-state index contributed by atoms with van der Waals surface area (Å²) in [5.74, 6) is 0.803. The fraction of sp³-hybridized carbons (Fsp3) is 0.455. The molecule has 7 nitrogen and oxygen atoms in total. The minimum Gasteiger partial charge on any atom is -0.368 e. The normalized spacial score (nSPS) is 10.8. The van der Waals surface area contributed by atoms with E-state index in [2.05, 4.69) is 25.3 Å². The van der Waals surface area contributed by atoms with Gasteiger partial charge in [-0.3, -0.25) is 0 Å². The summed E-state index contributed by atoms with van der Waals surface area (Å²) in [6.45, 7) is 5.13. The Labute approximate surface area is 105 Å². The lowest BCUT2D eigenvalue weighted by Gasteiger charge is -2.09. The Balaban J connectivity index is 2.47. The Hall–Kier alpha value is -2.02. The third-order valence-corrected chi connectivity index (χ3v) is 2.63. The van der Waals surface area contributed by atoms with Crippen LogP contribution in [0.3, 0.4) is 0 Å². The topological polar surface area (TPSA) is 116 Å². The average Bonchev–Trinajstić information content (AvgIpc) is 2.32. The number of hydrogen-bond donors (Lipinski definition) is 3. The second-order valence-electron chi connectivity index (χ2n) is 4.07. The highest BCUT2D eigenvalue weighted by Gasteiger charge is 2.10. The van der Waals surface area contributed by atoms with E-state index in [-0.39, 0.29) is 5.95 Å². The van der Waals surface area contributed by atoms with E-state index in [0.717, 1.165) is 24.4 Å². The molecule has 0 saturated carbocycles. The Morgan fingerprint density at radius 1 is 1.06 bits per heavy atom. The Bertz CT molecular complexity index is 567. The summed E-state index contributed by atoms with van der Waals surface area (Å²) >= 11 is 0. The lowest BCUT2D eigenvalue weighted by molar-refractivity contribution is 0.870. The van der Waals surface area contributed by atoms with Crippen LogP contribution in [0.1, 0.15) is 17.8 Å². The van der Waals surface area contributed by atoms with Crippen molar-refractivity contribution < 1.29 is 0 Å². The number of aryl methyl sites for hydroxylation is 2. The zero-order valence-corrected chi connectivity index (χ0v) is 10.6. The van der Waals surface area contributed by atoms with Crippen LogP contribution in [0.2, 0.25) is 0 Å². The third-order valence-electron chi connectivity index (χ3n) is 2.63. The molecule has 96 valence electrons. The minimum atomic E-state index is 0.190. The van der Waals surface area contributed by atoms with Crippen molar-refractivity contribution in [2.75, 3.05) is 24.1 Å². The van der Waals surface area contributed by atoms with Crippen molar-refractivity contribution in [2.24, 2.45) is 5.73 Å². The summed E-state index contributed by atoms with van der Waals surface area (Å²) in [6.07, 6.45) is 0.851. The van der Waals surface area contributed by atoms with Crippen LogP contribution in [-0.2, 0) is 0 Å². The van der Waals surface area contributed by atoms with Crippen LogP contribution in [0.4, 0.5) is 11.8 Å². The largest absolute Gasteiger partial charge is 0.368 e. The molecule has 0 spiro atoms. The molecule has 2 aromatic rings. The molecule has 18 heavy (non-hydrogen) atoms. The van der Waals surface area contributed by atoms with Crippen LogP contribution in [0.25, 0.3) is 11.2 Å². The molecule has 0 aliphatic carbocycles. The number of aromatic nitrogens is 4. The van der Waals surface area contributed by atoms with Crippen molar-refractivity contribution in [1.29, 1.82) is 0 Å². The summed E-state index contributed by atoms with van der Waals surface area (Å²) in [6, 6.07) is 0. The molecule has 0 atom stereocenters. The lowest BCUT2D eigenvalue weighted by Crippen LogP contribution is -2.12. The molecule has 0 bridgehead atoms. The van der Waals surface area contributed by atoms with Gasteiger partial charge in [0, 0.05) is 6.54 Å². The number of nitrogen functional groups attached to an aromatic ring is 1. The molecule has 5 N–H and O–H groups in total. The molecule has 0 saturated heterocycles. The van der Waals surface area contributed by atoms with Crippen molar-refractivity contribution in [1.82, 2.24) is 19.9 Å². The van der Waals surface area contributed by atoms with Gasteiger partial charge < -0.3 is 16.8 Å². The van der Waals surface area contributed by atoms with E-state index in [4.69, 9.17) is 11.5 Å². The second kappa shape index (κ2) is 5.09. The predicted molar refractivity (Wildman–Crippen MR) is 71.2 cm³/mol. The van der Waals surface area contributed by atoms with E-state index in [9.17, 15) is 0 Å². The zero-order valence-electron chi connectivity index (χ0n) is 10.6. The van der Waals surface area contributed by atoms with Gasteiger partial charge in [-0.25, -0.2) is 9.97 Å². The summed E-state index contributed by atoms with van der Waals surface area (Å²) in [5, 5.41) is 3.16. The fourth-order valence-electron chi connectivity index (χ4n) is 1.56. The quantitative estimate of drug-likeness (QED) is 0.669. The van der Waals surface area contributed by atoms with E-state index in [1.165, 1.54) is 0 Å². The summed E-state index contributed by atoms with van der Waals surface area (Å²) in [7, 11) is 0. The Morgan fingerprint density at radius 3 is 2.50 bits per heavy atom. The van der Waals surface area contributed by atoms with Gasteiger partial charge in [-0.2, -0.15) is 9.97 Å². The summed E-state index contributed by atoms with van der Waals surface area (Å²) < 4.78 is 0. The lowest BCUT2D eigenvalue weighted by atomic mass is 10.3. The van der Waals surface area contributed by atoms with Gasteiger partial charge in [-0.15, -0.1) is 0 Å². The van der Waals surface area contributed by atoms with Crippen molar-refractivity contribution in [3.05, 3.63) is 11.4 Å². The smallest absolute Gasteiger partial charge is 0.224 e. The molecule has 0 aromatic carbocycles. The van der Waals surface area contributed by atoms with Crippen molar-refractivity contribution >= 4 is 22.9 Å². The maximum absolute atomic E-state index is 5.66. The van der Waals surface area contributed by atoms with E-state index >= 15 is 0 Å². The first-order valence-corrected chi connectivity index (χ1v) is 5.84. The third kappa shape index (κ3) is 2.45. The highest BCUT2D eigenvalue weighted by molar-refractivity contribution is 5.83. The monoisotopic (exact) mass is 247 g/mol. The van der Waals surface area contributed by atoms with Crippen LogP contribution in [0, 0.1) is 13.8 Å². The predicted octanol–water partition coefficient (Wildman–Crippen LogP) is 0.380. The molecule has 0 aliphatic rings. The van der Waals surface area contributed by atoms with Gasteiger partial charge >= 0.3 is 0 Å². The van der Waals surface area contributed by atoms with E-state index in [0.29, 0.717) is 23.5 Å². The molecule has 0 amide bonds. The highest BCUT2D eigenvalue weighted by Crippen LogP contribution is 2.18. The van der Waals surface area contributed by atoms with Crippen LogP contribution in [0.15, 0.2) is 0 Å². The van der Waals surface area contributed by atoms with Crippen LogP contribution >= 0.6 is 0 Å². The van der Waals surface area contributed by atoms with Crippen molar-refractivity contribution in [3.63, 3.8) is 0 Å². The number of nitrogens with one attached hydrogen (secondary N) is 1. The van der Waals surface area contributed by atoms with Gasteiger partial charge in [0.2, 0.25) is 5.95 Å². The van der Waals surface area contributed by atoms with Gasteiger partial charge in [0.15, 0.2) is 17.0 Å². The number of hydrogen-bond acceptors (Lipinski definition) is 7. The minimum absolute atomic E-state index is 0.190. The Kier molecular flexibility index (Phi) is 3.52. The molecule has 0 unspecified atom stereocenters. The van der Waals surface area contributed by atoms with Crippen molar-refractivity contribution in [3.8, 4) is 0 Å². The SMILES string of the molecule is Cc1nc2nc(N)nc(NCCCN)c2nc1C. The zero-order chi connectivity index (χ0) is 13.1. The first kappa shape index (κ1) is 12.4. The van der Waals surface area contributed by atoms with Crippen molar-refractivity contribution in [2.45, 2.75) is 20.3 Å². The van der Waals surface area contributed by atoms with Gasteiger partial charge in [0.05, 0.1) is 11.4 Å². The Morgan fingerprint density at radius 2 is 1.78 bits per heavy atom. The van der Waals surface area contributed by atoms with E-state index in [1.807, 2.05) is 13.8 Å². The maximum atomic E-state index is 5.66. The number of nitrogens with zero attached hydrogens (tertiary/aromatic N) is 4. The maximum Gasteiger partial charge on any atom is 0.224 e. The summed E-state index contributed by atoms with van der Waals surface area (Å²) in [5.41, 5.74) is 14.0. The van der Waals surface area contributed by atoms with Gasteiger partial charge in [-0.05, 0) is 26.8 Å². The van der Waals surface area contributed by atoms with Crippen LogP contribution in [0.5, 0.6) is 0 Å². The van der Waals surface area contributed by atoms with Crippen LogP contribution in [-0.4, -0.2) is 33.0 Å². The second-order valence-corrected chi connectivity index (χ2v) is 4.07. The molecule has 0 fully saturated rings. The van der Waals surface area contributed by atoms with Gasteiger partial charge in [0.25, 0.3) is 0 Å². The van der Waals surface area contributed by atoms with Crippen LogP contribution < -0.4 is 16.8 Å². The fourth-order valence-corrected chi connectivity index (χ4v) is 1.56.